The fourth-order valence-corrected chi connectivity index (χ4v) is 2.86. The number of aryl methyl sites for hydroxylation is 2. The molecule has 1 fully saturated rings. The molecule has 1 aliphatic rings. The van der Waals surface area contributed by atoms with Crippen molar-refractivity contribution in [1.82, 2.24) is 24.7 Å². The number of hydrogen-bond acceptors (Lipinski definition) is 6. The monoisotopic (exact) mass is 322 g/mol. The van der Waals surface area contributed by atoms with Gasteiger partial charge in [-0.15, -0.1) is 0 Å². The van der Waals surface area contributed by atoms with Gasteiger partial charge in [-0.1, -0.05) is 0 Å². The van der Waals surface area contributed by atoms with Gasteiger partial charge in [0.25, 0.3) is 0 Å². The summed E-state index contributed by atoms with van der Waals surface area (Å²) in [4.78, 5) is 15.3. The summed E-state index contributed by atoms with van der Waals surface area (Å²) < 4.78 is 7.28. The highest BCUT2D eigenvalue weighted by Gasteiger charge is 2.24. The smallest absolute Gasteiger partial charge is 0.230 e. The molecule has 0 aliphatic carbocycles. The Balaban J connectivity index is 2.06. The minimum atomic E-state index is 0.196. The molecule has 118 valence electrons. The standard InChI is InChI=1S/C14H19ClN6O/c1-8-7-22-6-5-21(8)14-17-12(16-13(15)18-14)11-9(2)19-20(4)10(11)3/h8H,5-7H2,1-4H3/t8-/m1/s1. The van der Waals surface area contributed by atoms with Gasteiger partial charge in [-0.3, -0.25) is 4.68 Å². The van der Waals surface area contributed by atoms with Gasteiger partial charge in [-0.2, -0.15) is 20.1 Å². The first-order valence-electron chi connectivity index (χ1n) is 7.24. The van der Waals surface area contributed by atoms with Gasteiger partial charge in [0.2, 0.25) is 11.2 Å². The summed E-state index contributed by atoms with van der Waals surface area (Å²) in [6.45, 7) is 8.07. The van der Waals surface area contributed by atoms with Crippen LogP contribution in [-0.4, -0.2) is 50.5 Å². The lowest BCUT2D eigenvalue weighted by Crippen LogP contribution is -2.44. The molecule has 3 rings (SSSR count). The molecule has 0 saturated carbocycles. The van der Waals surface area contributed by atoms with Gasteiger partial charge in [-0.25, -0.2) is 0 Å². The topological polar surface area (TPSA) is 69.0 Å². The summed E-state index contributed by atoms with van der Waals surface area (Å²) in [7, 11) is 1.90. The Labute approximate surface area is 134 Å². The van der Waals surface area contributed by atoms with Crippen molar-refractivity contribution in [3.05, 3.63) is 16.7 Å². The highest BCUT2D eigenvalue weighted by molar-refractivity contribution is 6.28. The second kappa shape index (κ2) is 5.81. The number of morpholine rings is 1. The molecule has 2 aromatic heterocycles. The van der Waals surface area contributed by atoms with E-state index in [4.69, 9.17) is 16.3 Å². The molecule has 0 N–H and O–H groups in total. The third-order valence-corrected chi connectivity index (χ3v) is 4.12. The fourth-order valence-electron chi connectivity index (χ4n) is 2.70. The van der Waals surface area contributed by atoms with Crippen molar-refractivity contribution in [2.45, 2.75) is 26.8 Å². The number of ether oxygens (including phenoxy) is 1. The van der Waals surface area contributed by atoms with Crippen LogP contribution >= 0.6 is 11.6 Å². The first kappa shape index (κ1) is 15.2. The molecule has 1 atom stereocenters. The van der Waals surface area contributed by atoms with E-state index in [-0.39, 0.29) is 11.3 Å². The zero-order valence-corrected chi connectivity index (χ0v) is 13.9. The molecule has 0 amide bonds. The van der Waals surface area contributed by atoms with Crippen LogP contribution in [0.3, 0.4) is 0 Å². The molecule has 0 spiro atoms. The van der Waals surface area contributed by atoms with Crippen molar-refractivity contribution in [3.8, 4) is 11.4 Å². The van der Waals surface area contributed by atoms with Gasteiger partial charge in [0.1, 0.15) is 0 Å². The number of hydrogen-bond donors (Lipinski definition) is 0. The van der Waals surface area contributed by atoms with Gasteiger partial charge < -0.3 is 9.64 Å². The summed E-state index contributed by atoms with van der Waals surface area (Å²) in [6.07, 6.45) is 0. The Morgan fingerprint density at radius 1 is 1.23 bits per heavy atom. The van der Waals surface area contributed by atoms with E-state index in [2.05, 4.69) is 31.9 Å². The van der Waals surface area contributed by atoms with E-state index in [1.807, 2.05) is 25.6 Å². The Hall–Kier alpha value is -1.73. The van der Waals surface area contributed by atoms with Crippen molar-refractivity contribution >= 4 is 17.5 Å². The van der Waals surface area contributed by atoms with Gasteiger partial charge in [-0.05, 0) is 32.4 Å². The summed E-state index contributed by atoms with van der Waals surface area (Å²) in [5, 5.41) is 4.61. The Morgan fingerprint density at radius 2 is 2.00 bits per heavy atom. The molecule has 2 aromatic rings. The Kier molecular flexibility index (Phi) is 4.01. The lowest BCUT2D eigenvalue weighted by molar-refractivity contribution is 0.0981. The van der Waals surface area contributed by atoms with Crippen LogP contribution in [0, 0.1) is 13.8 Å². The summed E-state index contributed by atoms with van der Waals surface area (Å²) in [5.41, 5.74) is 2.79. The van der Waals surface area contributed by atoms with Gasteiger partial charge in [0.05, 0.1) is 30.5 Å². The van der Waals surface area contributed by atoms with Gasteiger partial charge in [0.15, 0.2) is 5.82 Å². The lowest BCUT2D eigenvalue weighted by Gasteiger charge is -2.33. The first-order chi connectivity index (χ1) is 10.5. The molecule has 0 unspecified atom stereocenters. The van der Waals surface area contributed by atoms with Crippen LogP contribution in [0.4, 0.5) is 5.95 Å². The number of aromatic nitrogens is 5. The maximum Gasteiger partial charge on any atom is 0.230 e. The molecule has 0 aromatic carbocycles. The van der Waals surface area contributed by atoms with E-state index in [9.17, 15) is 0 Å². The minimum absolute atomic E-state index is 0.196. The lowest BCUT2D eigenvalue weighted by atomic mass is 10.2. The molecule has 0 radical (unpaired) electrons. The van der Waals surface area contributed by atoms with Crippen LogP contribution in [-0.2, 0) is 11.8 Å². The molecule has 1 aliphatic heterocycles. The third kappa shape index (κ3) is 2.66. The Morgan fingerprint density at radius 3 is 2.64 bits per heavy atom. The van der Waals surface area contributed by atoms with Crippen LogP contribution in [0.25, 0.3) is 11.4 Å². The summed E-state index contributed by atoms with van der Waals surface area (Å²) in [5.74, 6) is 1.16. The predicted molar refractivity (Wildman–Crippen MR) is 84.1 cm³/mol. The maximum atomic E-state index is 6.13. The molecule has 7 nitrogen and oxygen atoms in total. The van der Waals surface area contributed by atoms with Gasteiger partial charge >= 0.3 is 0 Å². The van der Waals surface area contributed by atoms with Crippen molar-refractivity contribution in [3.63, 3.8) is 0 Å². The third-order valence-electron chi connectivity index (χ3n) is 3.95. The zero-order valence-electron chi connectivity index (χ0n) is 13.2. The van der Waals surface area contributed by atoms with E-state index >= 15 is 0 Å². The average molecular weight is 323 g/mol. The number of nitrogens with zero attached hydrogens (tertiary/aromatic N) is 6. The van der Waals surface area contributed by atoms with Crippen molar-refractivity contribution in [1.29, 1.82) is 0 Å². The number of rotatable bonds is 2. The number of halogens is 1. The van der Waals surface area contributed by atoms with E-state index in [1.165, 1.54) is 0 Å². The second-order valence-electron chi connectivity index (χ2n) is 5.51. The molecule has 22 heavy (non-hydrogen) atoms. The molecule has 3 heterocycles. The van der Waals surface area contributed by atoms with Crippen LogP contribution in [0.1, 0.15) is 18.3 Å². The number of anilines is 1. The van der Waals surface area contributed by atoms with Crippen molar-refractivity contribution < 1.29 is 4.74 Å². The predicted octanol–water partition coefficient (Wildman–Crippen LogP) is 1.77. The van der Waals surface area contributed by atoms with E-state index in [0.29, 0.717) is 25.0 Å². The first-order valence-corrected chi connectivity index (χ1v) is 7.61. The second-order valence-corrected chi connectivity index (χ2v) is 5.85. The molecule has 8 heteroatoms. The van der Waals surface area contributed by atoms with Crippen LogP contribution < -0.4 is 4.90 Å². The largest absolute Gasteiger partial charge is 0.377 e. The molecule has 0 bridgehead atoms. The van der Waals surface area contributed by atoms with E-state index < -0.39 is 0 Å². The quantitative estimate of drug-likeness (QED) is 0.839. The minimum Gasteiger partial charge on any atom is -0.377 e. The van der Waals surface area contributed by atoms with Crippen LogP contribution in [0.15, 0.2) is 0 Å². The van der Waals surface area contributed by atoms with Crippen LogP contribution in [0.2, 0.25) is 5.28 Å². The van der Waals surface area contributed by atoms with Gasteiger partial charge in [0, 0.05) is 19.3 Å². The normalized spacial score (nSPS) is 18.8. The SMILES string of the molecule is Cc1nn(C)c(C)c1-c1nc(Cl)nc(N2CCOC[C@H]2C)n1. The van der Waals surface area contributed by atoms with Crippen molar-refractivity contribution in [2.24, 2.45) is 7.05 Å². The fraction of sp³-hybridized carbons (Fsp3) is 0.571. The summed E-state index contributed by atoms with van der Waals surface area (Å²) in [6, 6.07) is 0.205. The van der Waals surface area contributed by atoms with E-state index in [1.54, 1.807) is 0 Å². The summed E-state index contributed by atoms with van der Waals surface area (Å²) >= 11 is 6.13. The van der Waals surface area contributed by atoms with E-state index in [0.717, 1.165) is 23.5 Å². The van der Waals surface area contributed by atoms with Crippen LogP contribution in [0.5, 0.6) is 0 Å². The molecule has 1 saturated heterocycles. The molecular formula is C14H19ClN6O. The van der Waals surface area contributed by atoms with Crippen molar-refractivity contribution in [2.75, 3.05) is 24.7 Å². The Bertz CT molecular complexity index is 701. The highest BCUT2D eigenvalue weighted by Crippen LogP contribution is 2.26. The average Bonchev–Trinajstić information content (AvgIpc) is 2.72. The highest BCUT2D eigenvalue weighted by atomic mass is 35.5. The maximum absolute atomic E-state index is 6.13. The zero-order chi connectivity index (χ0) is 15.9. The molecular weight excluding hydrogens is 304 g/mol.